The monoisotopic (exact) mass is 285 g/mol. The minimum Gasteiger partial charge on any atom is -0.493 e. The summed E-state index contributed by atoms with van der Waals surface area (Å²) in [6, 6.07) is 14.8. The molecule has 4 nitrogen and oxygen atoms in total. The van der Waals surface area contributed by atoms with Crippen LogP contribution >= 0.6 is 0 Å². The molecule has 0 bridgehead atoms. The number of esters is 1. The van der Waals surface area contributed by atoms with Crippen molar-refractivity contribution in [2.24, 2.45) is 0 Å². The molecule has 0 atom stereocenters. The molecule has 0 heterocycles. The Bertz CT molecular complexity index is 596. The summed E-state index contributed by atoms with van der Waals surface area (Å²) in [5.74, 6) is 0.468. The number of para-hydroxylation sites is 1. The topological polar surface area (TPSA) is 61.6 Å². The summed E-state index contributed by atoms with van der Waals surface area (Å²) in [6.45, 7) is 2.64. The molecule has 0 aliphatic carbocycles. The maximum Gasteiger partial charge on any atom is 0.338 e. The molecule has 0 aliphatic rings. The third kappa shape index (κ3) is 4.24. The zero-order chi connectivity index (χ0) is 15.1. The van der Waals surface area contributed by atoms with Gasteiger partial charge in [0.25, 0.3) is 0 Å². The van der Waals surface area contributed by atoms with E-state index in [1.165, 1.54) is 0 Å². The van der Waals surface area contributed by atoms with Gasteiger partial charge in [-0.3, -0.25) is 0 Å². The molecule has 0 aromatic heterocycles. The molecule has 2 N–H and O–H groups in total. The van der Waals surface area contributed by atoms with Crippen molar-refractivity contribution >= 4 is 11.7 Å². The van der Waals surface area contributed by atoms with Crippen LogP contribution in [0.3, 0.4) is 0 Å². The second-order valence-corrected chi connectivity index (χ2v) is 4.67. The molecule has 0 amide bonds. The predicted octanol–water partition coefficient (Wildman–Crippen LogP) is 3.20. The maximum absolute atomic E-state index is 11.9. The van der Waals surface area contributed by atoms with E-state index >= 15 is 0 Å². The Morgan fingerprint density at radius 1 is 1.05 bits per heavy atom. The van der Waals surface area contributed by atoms with Crippen LogP contribution in [0.25, 0.3) is 0 Å². The third-order valence-electron chi connectivity index (χ3n) is 3.13. The van der Waals surface area contributed by atoms with E-state index < -0.39 is 0 Å². The van der Waals surface area contributed by atoms with E-state index in [2.05, 4.69) is 0 Å². The van der Waals surface area contributed by atoms with Crippen LogP contribution in [-0.2, 0) is 4.74 Å². The number of nitrogens with two attached hydrogens (primary N) is 1. The van der Waals surface area contributed by atoms with Crippen LogP contribution < -0.4 is 10.5 Å². The molecule has 0 saturated heterocycles. The van der Waals surface area contributed by atoms with Crippen LogP contribution in [0.1, 0.15) is 22.3 Å². The highest BCUT2D eigenvalue weighted by Gasteiger charge is 2.11. The molecule has 0 aliphatic heterocycles. The highest BCUT2D eigenvalue weighted by atomic mass is 16.5. The smallest absolute Gasteiger partial charge is 0.338 e. The van der Waals surface area contributed by atoms with Gasteiger partial charge in [0.2, 0.25) is 0 Å². The molecule has 21 heavy (non-hydrogen) atoms. The Labute approximate surface area is 124 Å². The van der Waals surface area contributed by atoms with E-state index in [-0.39, 0.29) is 5.97 Å². The molecule has 0 radical (unpaired) electrons. The normalized spacial score (nSPS) is 10.1. The number of benzene rings is 2. The number of hydrogen-bond acceptors (Lipinski definition) is 4. The minimum atomic E-state index is -0.348. The van der Waals surface area contributed by atoms with Crippen molar-refractivity contribution in [3.63, 3.8) is 0 Å². The van der Waals surface area contributed by atoms with Gasteiger partial charge in [-0.15, -0.1) is 0 Å². The van der Waals surface area contributed by atoms with Crippen LogP contribution in [0.5, 0.6) is 5.75 Å². The van der Waals surface area contributed by atoms with E-state index in [0.29, 0.717) is 30.9 Å². The van der Waals surface area contributed by atoms with Crippen LogP contribution in [-0.4, -0.2) is 19.2 Å². The molecule has 4 heteroatoms. The Morgan fingerprint density at radius 3 is 2.57 bits per heavy atom. The van der Waals surface area contributed by atoms with Crippen molar-refractivity contribution in [1.29, 1.82) is 0 Å². The summed E-state index contributed by atoms with van der Waals surface area (Å²) in [5, 5.41) is 0. The Morgan fingerprint density at radius 2 is 1.81 bits per heavy atom. The summed E-state index contributed by atoms with van der Waals surface area (Å²) in [4.78, 5) is 11.9. The number of nitrogen functional groups attached to an aromatic ring is 1. The molecule has 2 rings (SSSR count). The lowest BCUT2D eigenvalue weighted by atomic mass is 10.1. The van der Waals surface area contributed by atoms with Crippen molar-refractivity contribution in [1.82, 2.24) is 0 Å². The third-order valence-corrected chi connectivity index (χ3v) is 3.13. The molecule has 2 aromatic carbocycles. The number of anilines is 1. The fraction of sp³-hybridized carbons (Fsp3) is 0.235. The molecule has 0 fully saturated rings. The Hall–Kier alpha value is -2.49. The largest absolute Gasteiger partial charge is 0.493 e. The summed E-state index contributed by atoms with van der Waals surface area (Å²) in [6.07, 6.45) is 0.641. The van der Waals surface area contributed by atoms with Crippen molar-refractivity contribution in [3.8, 4) is 5.75 Å². The van der Waals surface area contributed by atoms with Crippen molar-refractivity contribution in [2.45, 2.75) is 13.3 Å². The van der Waals surface area contributed by atoms with Gasteiger partial charge in [-0.25, -0.2) is 4.79 Å². The maximum atomic E-state index is 11.9. The lowest BCUT2D eigenvalue weighted by Gasteiger charge is -2.09. The molecule has 0 saturated carbocycles. The summed E-state index contributed by atoms with van der Waals surface area (Å²) in [5.41, 5.74) is 7.63. The van der Waals surface area contributed by atoms with Gasteiger partial charge in [-0.2, -0.15) is 0 Å². The number of carbonyl (C=O) groups is 1. The lowest BCUT2D eigenvalue weighted by molar-refractivity contribution is 0.0485. The average Bonchev–Trinajstić information content (AvgIpc) is 2.50. The van der Waals surface area contributed by atoms with Crippen molar-refractivity contribution in [2.75, 3.05) is 18.9 Å². The average molecular weight is 285 g/mol. The zero-order valence-electron chi connectivity index (χ0n) is 12.0. The minimum absolute atomic E-state index is 0.319. The van der Waals surface area contributed by atoms with Crippen LogP contribution in [0, 0.1) is 6.92 Å². The van der Waals surface area contributed by atoms with Crippen LogP contribution in [0.4, 0.5) is 5.69 Å². The quantitative estimate of drug-likeness (QED) is 0.503. The van der Waals surface area contributed by atoms with Crippen molar-refractivity contribution in [3.05, 3.63) is 59.7 Å². The first-order valence-electron chi connectivity index (χ1n) is 6.88. The zero-order valence-corrected chi connectivity index (χ0v) is 12.0. The van der Waals surface area contributed by atoms with Crippen LogP contribution in [0.2, 0.25) is 0 Å². The first-order valence-corrected chi connectivity index (χ1v) is 6.88. The fourth-order valence-corrected chi connectivity index (χ4v) is 1.88. The van der Waals surface area contributed by atoms with Gasteiger partial charge < -0.3 is 15.2 Å². The van der Waals surface area contributed by atoms with E-state index in [1.807, 2.05) is 37.3 Å². The van der Waals surface area contributed by atoms with Crippen LogP contribution in [0.15, 0.2) is 48.5 Å². The van der Waals surface area contributed by atoms with Gasteiger partial charge in [0.1, 0.15) is 5.75 Å². The molecular formula is C17H19NO3. The van der Waals surface area contributed by atoms with Gasteiger partial charge in [0.05, 0.1) is 18.8 Å². The fourth-order valence-electron chi connectivity index (χ4n) is 1.88. The van der Waals surface area contributed by atoms with E-state index in [1.54, 1.807) is 18.2 Å². The van der Waals surface area contributed by atoms with Gasteiger partial charge in [-0.1, -0.05) is 24.3 Å². The predicted molar refractivity (Wildman–Crippen MR) is 82.4 cm³/mol. The molecule has 2 aromatic rings. The second kappa shape index (κ2) is 7.33. The lowest BCUT2D eigenvalue weighted by Crippen LogP contribution is -2.11. The van der Waals surface area contributed by atoms with Gasteiger partial charge in [-0.05, 0) is 36.8 Å². The standard InChI is InChI=1S/C17H19NO3/c1-13-15(9-5-10-16(13)18)17(19)21-12-6-11-20-14-7-3-2-4-8-14/h2-5,7-10H,6,11-12,18H2,1H3. The molecule has 0 unspecified atom stereocenters. The Kier molecular flexibility index (Phi) is 5.21. The Balaban J connectivity index is 1.73. The first-order chi connectivity index (χ1) is 10.2. The van der Waals surface area contributed by atoms with E-state index in [0.717, 1.165) is 11.3 Å². The van der Waals surface area contributed by atoms with E-state index in [4.69, 9.17) is 15.2 Å². The first kappa shape index (κ1) is 14.9. The second-order valence-electron chi connectivity index (χ2n) is 4.67. The number of carbonyl (C=O) groups excluding carboxylic acids is 1. The summed E-state index contributed by atoms with van der Waals surface area (Å²) in [7, 11) is 0. The van der Waals surface area contributed by atoms with Gasteiger partial charge >= 0.3 is 5.97 Å². The summed E-state index contributed by atoms with van der Waals surface area (Å²) >= 11 is 0. The molecular weight excluding hydrogens is 266 g/mol. The van der Waals surface area contributed by atoms with Gasteiger partial charge in [0, 0.05) is 12.1 Å². The number of ether oxygens (including phenoxy) is 2. The van der Waals surface area contributed by atoms with E-state index in [9.17, 15) is 4.79 Å². The highest BCUT2D eigenvalue weighted by molar-refractivity contribution is 5.92. The molecule has 110 valence electrons. The SMILES string of the molecule is Cc1c(N)cccc1C(=O)OCCCOc1ccccc1. The highest BCUT2D eigenvalue weighted by Crippen LogP contribution is 2.16. The summed E-state index contributed by atoms with van der Waals surface area (Å²) < 4.78 is 10.8. The molecule has 0 spiro atoms. The van der Waals surface area contributed by atoms with Gasteiger partial charge in [0.15, 0.2) is 0 Å². The number of rotatable bonds is 6. The van der Waals surface area contributed by atoms with Crippen molar-refractivity contribution < 1.29 is 14.3 Å². The number of hydrogen-bond donors (Lipinski definition) is 1.